The quantitative estimate of drug-likeness (QED) is 0.724. The van der Waals surface area contributed by atoms with Crippen LogP contribution in [0.5, 0.6) is 5.75 Å². The second-order valence-corrected chi connectivity index (χ2v) is 5.81. The lowest BCUT2D eigenvalue weighted by atomic mass is 9.93. The van der Waals surface area contributed by atoms with Gasteiger partial charge in [-0.3, -0.25) is 4.79 Å². The summed E-state index contributed by atoms with van der Waals surface area (Å²) >= 11 is -0.232. The van der Waals surface area contributed by atoms with Crippen LogP contribution in [-0.2, 0) is 0 Å². The van der Waals surface area contributed by atoms with Gasteiger partial charge in [-0.25, -0.2) is 0 Å². The van der Waals surface area contributed by atoms with Crippen LogP contribution in [0.4, 0.5) is 13.2 Å². The van der Waals surface area contributed by atoms with Gasteiger partial charge >= 0.3 is 5.51 Å². The highest BCUT2D eigenvalue weighted by Crippen LogP contribution is 2.40. The summed E-state index contributed by atoms with van der Waals surface area (Å²) in [5.74, 6) is 0.161. The van der Waals surface area contributed by atoms with Crippen LogP contribution in [0.25, 0.3) is 0 Å². The van der Waals surface area contributed by atoms with Gasteiger partial charge in [0.05, 0.1) is 12.0 Å². The number of carbonyl (C=O) groups is 1. The molecule has 0 fully saturated rings. The standard InChI is InChI=1S/C12H11F3O2S/c1-11(2)6-9(16)8-5-7(18-12(13,14)15)3-4-10(8)17-11/h3-5H,6H2,1-2H3. The number of carbonyl (C=O) groups excluding carboxylic acids is 1. The van der Waals surface area contributed by atoms with Crippen molar-refractivity contribution in [2.24, 2.45) is 0 Å². The van der Waals surface area contributed by atoms with Crippen molar-refractivity contribution in [2.45, 2.75) is 36.3 Å². The molecule has 1 heterocycles. The van der Waals surface area contributed by atoms with Gasteiger partial charge in [-0.2, -0.15) is 13.2 Å². The second-order valence-electron chi connectivity index (χ2n) is 4.67. The van der Waals surface area contributed by atoms with E-state index >= 15 is 0 Å². The first-order valence-corrected chi connectivity index (χ1v) is 6.10. The molecule has 0 aliphatic carbocycles. The molecule has 0 unspecified atom stereocenters. The highest BCUT2D eigenvalue weighted by atomic mass is 32.2. The van der Waals surface area contributed by atoms with Crippen LogP contribution in [0, 0.1) is 0 Å². The highest BCUT2D eigenvalue weighted by molar-refractivity contribution is 8.00. The molecule has 2 rings (SSSR count). The molecule has 1 aliphatic rings. The predicted molar refractivity (Wildman–Crippen MR) is 62.0 cm³/mol. The number of benzene rings is 1. The molecule has 1 aromatic rings. The highest BCUT2D eigenvalue weighted by Gasteiger charge is 2.34. The maximum absolute atomic E-state index is 12.2. The fourth-order valence-corrected chi connectivity index (χ4v) is 2.41. The summed E-state index contributed by atoms with van der Waals surface area (Å²) in [6.45, 7) is 3.54. The van der Waals surface area contributed by atoms with Crippen LogP contribution in [0.15, 0.2) is 23.1 Å². The molecule has 0 amide bonds. The summed E-state index contributed by atoms with van der Waals surface area (Å²) in [6, 6.07) is 3.97. The fourth-order valence-electron chi connectivity index (χ4n) is 1.83. The second kappa shape index (κ2) is 4.19. The number of hydrogen-bond acceptors (Lipinski definition) is 3. The molecule has 0 atom stereocenters. The Labute approximate surface area is 107 Å². The maximum Gasteiger partial charge on any atom is 0.446 e. The minimum Gasteiger partial charge on any atom is -0.487 e. The van der Waals surface area contributed by atoms with Gasteiger partial charge in [0.2, 0.25) is 0 Å². The fraction of sp³-hybridized carbons (Fsp3) is 0.417. The van der Waals surface area contributed by atoms with E-state index in [-0.39, 0.29) is 34.4 Å². The Kier molecular flexibility index (Phi) is 3.09. The SMILES string of the molecule is CC1(C)CC(=O)c2cc(SC(F)(F)F)ccc2O1. The van der Waals surface area contributed by atoms with Crippen LogP contribution in [0.2, 0.25) is 0 Å². The van der Waals surface area contributed by atoms with Gasteiger partial charge in [0.1, 0.15) is 11.4 Å². The number of ketones is 1. The molecule has 6 heteroatoms. The topological polar surface area (TPSA) is 26.3 Å². The third-order valence-electron chi connectivity index (χ3n) is 2.46. The van der Waals surface area contributed by atoms with E-state index in [1.54, 1.807) is 13.8 Å². The van der Waals surface area contributed by atoms with E-state index in [1.165, 1.54) is 18.2 Å². The summed E-state index contributed by atoms with van der Waals surface area (Å²) < 4.78 is 42.3. The lowest BCUT2D eigenvalue weighted by molar-refractivity contribution is -0.0328. The van der Waals surface area contributed by atoms with E-state index in [2.05, 4.69) is 0 Å². The number of fused-ring (bicyclic) bond motifs is 1. The number of Topliss-reactive ketones (excluding diaryl/α,β-unsaturated/α-hetero) is 1. The van der Waals surface area contributed by atoms with Crippen LogP contribution in [0.3, 0.4) is 0 Å². The number of ether oxygens (including phenoxy) is 1. The molecule has 0 radical (unpaired) electrons. The average molecular weight is 276 g/mol. The van der Waals surface area contributed by atoms with Crippen molar-refractivity contribution in [3.05, 3.63) is 23.8 Å². The first-order valence-electron chi connectivity index (χ1n) is 5.28. The van der Waals surface area contributed by atoms with Crippen molar-refractivity contribution in [1.29, 1.82) is 0 Å². The molecule has 2 nitrogen and oxygen atoms in total. The molecule has 0 N–H and O–H groups in total. The molecular weight excluding hydrogens is 265 g/mol. The average Bonchev–Trinajstić information content (AvgIpc) is 2.15. The largest absolute Gasteiger partial charge is 0.487 e. The van der Waals surface area contributed by atoms with Gasteiger partial charge in [-0.15, -0.1) is 0 Å². The first-order chi connectivity index (χ1) is 8.16. The van der Waals surface area contributed by atoms with E-state index in [0.29, 0.717) is 5.75 Å². The van der Waals surface area contributed by atoms with Crippen LogP contribution < -0.4 is 4.74 Å². The first kappa shape index (κ1) is 13.3. The summed E-state index contributed by atoms with van der Waals surface area (Å²) in [4.78, 5) is 11.8. The molecule has 0 spiro atoms. The molecule has 18 heavy (non-hydrogen) atoms. The van der Waals surface area contributed by atoms with Gasteiger partial charge in [0, 0.05) is 4.90 Å². The third kappa shape index (κ3) is 2.98. The Balaban J connectivity index is 2.34. The lowest BCUT2D eigenvalue weighted by Gasteiger charge is -2.31. The van der Waals surface area contributed by atoms with Crippen LogP contribution in [0.1, 0.15) is 30.6 Å². The number of halogens is 3. The van der Waals surface area contributed by atoms with E-state index < -0.39 is 11.1 Å². The molecule has 1 aliphatic heterocycles. The van der Waals surface area contributed by atoms with Gasteiger partial charge in [0.25, 0.3) is 0 Å². The predicted octanol–water partition coefficient (Wildman–Crippen LogP) is 4.04. The molecule has 1 aromatic carbocycles. The van der Waals surface area contributed by atoms with E-state index in [9.17, 15) is 18.0 Å². The number of hydrogen-bond donors (Lipinski definition) is 0. The Morgan fingerprint density at radius 2 is 2.00 bits per heavy atom. The summed E-state index contributed by atoms with van der Waals surface area (Å²) in [7, 11) is 0. The summed E-state index contributed by atoms with van der Waals surface area (Å²) in [5, 5.41) is 0. The molecule has 0 bridgehead atoms. The Bertz CT molecular complexity index is 495. The number of thioether (sulfide) groups is 1. The van der Waals surface area contributed by atoms with E-state index in [4.69, 9.17) is 4.74 Å². The lowest BCUT2D eigenvalue weighted by Crippen LogP contribution is -2.35. The van der Waals surface area contributed by atoms with Gasteiger partial charge < -0.3 is 4.74 Å². The van der Waals surface area contributed by atoms with Gasteiger partial charge in [0.15, 0.2) is 5.78 Å². The Morgan fingerprint density at radius 3 is 2.61 bits per heavy atom. The monoisotopic (exact) mass is 276 g/mol. The Hall–Kier alpha value is -1.17. The van der Waals surface area contributed by atoms with Crippen LogP contribution >= 0.6 is 11.8 Å². The zero-order chi connectivity index (χ0) is 13.6. The minimum absolute atomic E-state index is 0.00194. The minimum atomic E-state index is -4.36. The molecule has 0 saturated carbocycles. The van der Waals surface area contributed by atoms with Crippen LogP contribution in [-0.4, -0.2) is 16.9 Å². The third-order valence-corrected chi connectivity index (χ3v) is 3.18. The number of alkyl halides is 3. The maximum atomic E-state index is 12.2. The number of rotatable bonds is 1. The zero-order valence-corrected chi connectivity index (χ0v) is 10.6. The van der Waals surface area contributed by atoms with Crippen molar-refractivity contribution in [1.82, 2.24) is 0 Å². The molecule has 0 saturated heterocycles. The molecule has 0 aromatic heterocycles. The summed E-state index contributed by atoms with van der Waals surface area (Å²) in [6.07, 6.45) is 0.167. The van der Waals surface area contributed by atoms with Crippen molar-refractivity contribution in [3.8, 4) is 5.75 Å². The van der Waals surface area contributed by atoms with Crippen molar-refractivity contribution >= 4 is 17.5 Å². The smallest absolute Gasteiger partial charge is 0.446 e. The van der Waals surface area contributed by atoms with E-state index in [0.717, 1.165) is 0 Å². The van der Waals surface area contributed by atoms with Gasteiger partial charge in [-0.05, 0) is 43.8 Å². The zero-order valence-electron chi connectivity index (χ0n) is 9.80. The van der Waals surface area contributed by atoms with Gasteiger partial charge in [-0.1, -0.05) is 0 Å². The molecular formula is C12H11F3O2S. The van der Waals surface area contributed by atoms with Crippen molar-refractivity contribution in [2.75, 3.05) is 0 Å². The molecule has 98 valence electrons. The normalized spacial score (nSPS) is 18.2. The summed E-state index contributed by atoms with van der Waals surface area (Å²) in [5.41, 5.74) is -4.74. The van der Waals surface area contributed by atoms with Crippen molar-refractivity contribution < 1.29 is 22.7 Å². The Morgan fingerprint density at radius 1 is 1.33 bits per heavy atom. The van der Waals surface area contributed by atoms with Crippen molar-refractivity contribution in [3.63, 3.8) is 0 Å². The van der Waals surface area contributed by atoms with E-state index in [1.807, 2.05) is 0 Å².